The van der Waals surface area contributed by atoms with Crippen molar-refractivity contribution in [2.75, 3.05) is 0 Å². The van der Waals surface area contributed by atoms with Crippen LogP contribution in [0.15, 0.2) is 48.5 Å². The molecular formula is C38H50O4. The van der Waals surface area contributed by atoms with Crippen LogP contribution in [-0.2, 0) is 21.7 Å². The van der Waals surface area contributed by atoms with Crippen molar-refractivity contribution in [1.29, 1.82) is 0 Å². The number of rotatable bonds is 4. The van der Waals surface area contributed by atoms with Gasteiger partial charge in [0.05, 0.1) is 11.1 Å². The van der Waals surface area contributed by atoms with Crippen molar-refractivity contribution in [3.05, 3.63) is 93.0 Å². The molecular weight excluding hydrogens is 520 g/mol. The fourth-order valence-electron chi connectivity index (χ4n) is 5.13. The predicted octanol–water partition coefficient (Wildman–Crippen LogP) is 9.93. The molecule has 3 aromatic carbocycles. The van der Waals surface area contributed by atoms with Gasteiger partial charge in [-0.1, -0.05) is 131 Å². The zero-order chi connectivity index (χ0) is 32.0. The molecule has 0 saturated heterocycles. The van der Waals surface area contributed by atoms with Gasteiger partial charge < -0.3 is 9.47 Å². The molecule has 226 valence electrons. The molecule has 0 aromatic heterocycles. The van der Waals surface area contributed by atoms with E-state index in [4.69, 9.17) is 9.47 Å². The first-order valence-electron chi connectivity index (χ1n) is 14.9. The average molecular weight is 571 g/mol. The predicted molar refractivity (Wildman–Crippen MR) is 174 cm³/mol. The van der Waals surface area contributed by atoms with Crippen molar-refractivity contribution in [1.82, 2.24) is 0 Å². The maximum absolute atomic E-state index is 13.9. The lowest BCUT2D eigenvalue weighted by molar-refractivity contribution is 0.0685. The van der Waals surface area contributed by atoms with Gasteiger partial charge in [-0.05, 0) is 47.6 Å². The monoisotopic (exact) mass is 570 g/mol. The lowest BCUT2D eigenvalue weighted by atomic mass is 9.78. The minimum atomic E-state index is -0.585. The van der Waals surface area contributed by atoms with E-state index in [1.807, 2.05) is 0 Å². The lowest BCUT2D eigenvalue weighted by Gasteiger charge is -2.30. The summed E-state index contributed by atoms with van der Waals surface area (Å²) in [6, 6.07) is 15.1. The third-order valence-corrected chi connectivity index (χ3v) is 7.45. The highest BCUT2D eigenvalue weighted by Gasteiger charge is 2.32. The lowest BCUT2D eigenvalue weighted by Crippen LogP contribution is -2.25. The number of benzene rings is 3. The van der Waals surface area contributed by atoms with Crippen LogP contribution in [0.2, 0.25) is 0 Å². The van der Waals surface area contributed by atoms with Crippen molar-refractivity contribution < 1.29 is 19.1 Å². The number of hydrogen-bond donors (Lipinski definition) is 0. The summed E-state index contributed by atoms with van der Waals surface area (Å²) in [6.07, 6.45) is 0. The Morgan fingerprint density at radius 3 is 0.929 bits per heavy atom. The summed E-state index contributed by atoms with van der Waals surface area (Å²) in [5, 5.41) is 0. The second-order valence-electron chi connectivity index (χ2n) is 15.7. The van der Waals surface area contributed by atoms with Gasteiger partial charge in [0.15, 0.2) is 0 Å². The second kappa shape index (κ2) is 11.4. The number of aryl methyl sites for hydroxylation is 2. The van der Waals surface area contributed by atoms with Gasteiger partial charge in [-0.2, -0.15) is 0 Å². The van der Waals surface area contributed by atoms with Crippen LogP contribution in [0.4, 0.5) is 0 Å². The van der Waals surface area contributed by atoms with E-state index < -0.39 is 11.9 Å². The maximum atomic E-state index is 13.9. The molecule has 0 aliphatic heterocycles. The molecule has 0 bridgehead atoms. The molecule has 4 heteroatoms. The number of carbonyl (C=O) groups is 2. The van der Waals surface area contributed by atoms with Gasteiger partial charge in [-0.15, -0.1) is 0 Å². The van der Waals surface area contributed by atoms with Gasteiger partial charge >= 0.3 is 11.9 Å². The van der Waals surface area contributed by atoms with E-state index in [1.54, 1.807) is 24.3 Å². The minimum Gasteiger partial charge on any atom is -0.422 e. The van der Waals surface area contributed by atoms with Crippen LogP contribution in [0, 0.1) is 13.8 Å². The fourth-order valence-corrected chi connectivity index (χ4v) is 5.13. The van der Waals surface area contributed by atoms with Gasteiger partial charge in [0.1, 0.15) is 11.5 Å². The Kier molecular flexibility index (Phi) is 8.95. The highest BCUT2D eigenvalue weighted by Crippen LogP contribution is 2.43. The summed E-state index contributed by atoms with van der Waals surface area (Å²) in [5.41, 5.74) is 5.29. The van der Waals surface area contributed by atoms with Crippen molar-refractivity contribution in [3.8, 4) is 11.5 Å². The Morgan fingerprint density at radius 2 is 0.714 bits per heavy atom. The summed E-state index contributed by atoms with van der Waals surface area (Å²) in [7, 11) is 0. The third-order valence-electron chi connectivity index (χ3n) is 7.45. The largest absolute Gasteiger partial charge is 0.422 e. The summed E-state index contributed by atoms with van der Waals surface area (Å²) >= 11 is 0. The molecule has 3 rings (SSSR count). The molecule has 42 heavy (non-hydrogen) atoms. The van der Waals surface area contributed by atoms with E-state index in [0.717, 1.165) is 33.4 Å². The number of carbonyl (C=O) groups excluding carboxylic acids is 2. The SMILES string of the molecule is Cc1cc(C(C)(C)C)c(OC(=O)c2ccccc2C(=O)Oc2c(C(C)(C)C)cc(C)cc2C(C)(C)C)c(C(C)(C)C)c1. The molecule has 0 aliphatic rings. The van der Waals surface area contributed by atoms with Gasteiger partial charge in [0.25, 0.3) is 0 Å². The van der Waals surface area contributed by atoms with Gasteiger partial charge in [-0.3, -0.25) is 0 Å². The topological polar surface area (TPSA) is 52.6 Å². The smallest absolute Gasteiger partial charge is 0.344 e. The second-order valence-corrected chi connectivity index (χ2v) is 15.7. The molecule has 0 radical (unpaired) electrons. The Morgan fingerprint density at radius 1 is 0.476 bits per heavy atom. The van der Waals surface area contributed by atoms with Crippen LogP contribution in [0.1, 0.15) is 137 Å². The Labute approximate surface area is 253 Å². The summed E-state index contributed by atoms with van der Waals surface area (Å²) in [5.74, 6) is -0.0634. The zero-order valence-corrected chi connectivity index (χ0v) is 28.3. The fraction of sp³-hybridized carbons (Fsp3) is 0.474. The van der Waals surface area contributed by atoms with E-state index in [9.17, 15) is 9.59 Å². The Bertz CT molecular complexity index is 1310. The van der Waals surface area contributed by atoms with E-state index in [2.05, 4.69) is 121 Å². The van der Waals surface area contributed by atoms with Crippen molar-refractivity contribution in [3.63, 3.8) is 0 Å². The molecule has 4 nitrogen and oxygen atoms in total. The molecule has 0 atom stereocenters. The van der Waals surface area contributed by atoms with E-state index in [-0.39, 0.29) is 32.8 Å². The van der Waals surface area contributed by atoms with Gasteiger partial charge in [-0.25, -0.2) is 9.59 Å². The summed E-state index contributed by atoms with van der Waals surface area (Å²) in [4.78, 5) is 27.8. The highest BCUT2D eigenvalue weighted by molar-refractivity contribution is 6.04. The normalized spacial score (nSPS) is 12.7. The Hall–Kier alpha value is -3.40. The van der Waals surface area contributed by atoms with Crippen molar-refractivity contribution in [2.45, 2.75) is 119 Å². The molecule has 0 fully saturated rings. The number of ether oxygens (including phenoxy) is 2. The Balaban J connectivity index is 2.14. The average Bonchev–Trinajstić information content (AvgIpc) is 2.82. The summed E-state index contributed by atoms with van der Waals surface area (Å²) < 4.78 is 12.5. The number of esters is 2. The molecule has 0 N–H and O–H groups in total. The number of hydrogen-bond acceptors (Lipinski definition) is 4. The zero-order valence-electron chi connectivity index (χ0n) is 28.3. The first kappa shape index (κ1) is 33.1. The molecule has 0 saturated carbocycles. The third kappa shape index (κ3) is 7.32. The maximum Gasteiger partial charge on any atom is 0.344 e. The van der Waals surface area contributed by atoms with Crippen LogP contribution in [0.25, 0.3) is 0 Å². The molecule has 0 unspecified atom stereocenters. The standard InChI is InChI=1S/C38H50O4/c1-23-19-27(35(3,4)5)31(28(20-23)36(6,7)8)41-33(39)25-17-15-16-18-26(25)34(40)42-32-29(37(9,10)11)21-24(2)22-30(32)38(12,13)14/h15-22H,1-14H3. The van der Waals surface area contributed by atoms with Gasteiger partial charge in [0, 0.05) is 22.3 Å². The first-order chi connectivity index (χ1) is 19.0. The van der Waals surface area contributed by atoms with Crippen molar-refractivity contribution in [2.24, 2.45) is 0 Å². The van der Waals surface area contributed by atoms with Crippen LogP contribution in [-0.4, -0.2) is 11.9 Å². The highest BCUT2D eigenvalue weighted by atomic mass is 16.5. The summed E-state index contributed by atoms with van der Waals surface area (Å²) in [6.45, 7) is 29.4. The molecule has 0 heterocycles. The van der Waals surface area contributed by atoms with E-state index in [1.165, 1.54) is 0 Å². The molecule has 3 aromatic rings. The molecule has 0 spiro atoms. The van der Waals surface area contributed by atoms with Crippen LogP contribution < -0.4 is 9.47 Å². The van der Waals surface area contributed by atoms with Gasteiger partial charge in [0.2, 0.25) is 0 Å². The van der Waals surface area contributed by atoms with E-state index >= 15 is 0 Å². The quantitative estimate of drug-likeness (QED) is 0.231. The van der Waals surface area contributed by atoms with E-state index in [0.29, 0.717) is 11.5 Å². The van der Waals surface area contributed by atoms with Crippen LogP contribution in [0.3, 0.4) is 0 Å². The van der Waals surface area contributed by atoms with Crippen LogP contribution >= 0.6 is 0 Å². The van der Waals surface area contributed by atoms with Crippen LogP contribution in [0.5, 0.6) is 11.5 Å². The van der Waals surface area contributed by atoms with Crippen molar-refractivity contribution >= 4 is 11.9 Å². The first-order valence-corrected chi connectivity index (χ1v) is 14.9. The molecule has 0 amide bonds. The molecule has 0 aliphatic carbocycles. The minimum absolute atomic E-state index is 0.171.